The number of carboxylic acid groups (broad SMARTS) is 1. The number of carboxylic acids is 1. The smallest absolute Gasteiger partial charge is 0.326 e. The second-order valence-electron chi connectivity index (χ2n) is 6.06. The fourth-order valence-electron chi connectivity index (χ4n) is 3.77. The lowest BCUT2D eigenvalue weighted by Crippen LogP contribution is -2.43. The number of likely N-dealkylation sites (tertiary alicyclic amines) is 1. The van der Waals surface area contributed by atoms with E-state index in [-0.39, 0.29) is 11.8 Å². The molecular formula is C16H18ClNO3. The number of hydrogen-bond donors (Lipinski definition) is 1. The first-order valence-electron chi connectivity index (χ1n) is 7.29. The van der Waals surface area contributed by atoms with Gasteiger partial charge in [0.25, 0.3) is 5.91 Å². The van der Waals surface area contributed by atoms with Crippen LogP contribution >= 0.6 is 11.6 Å². The maximum Gasteiger partial charge on any atom is 0.326 e. The molecule has 1 heterocycles. The molecule has 1 aliphatic carbocycles. The number of rotatable bonds is 2. The van der Waals surface area contributed by atoms with Gasteiger partial charge in [0.1, 0.15) is 6.04 Å². The second-order valence-corrected chi connectivity index (χ2v) is 6.47. The van der Waals surface area contributed by atoms with Gasteiger partial charge in [-0.05, 0) is 55.4 Å². The number of fused-ring (bicyclic) bond motifs is 1. The Morgan fingerprint density at radius 2 is 2.10 bits per heavy atom. The Kier molecular flexibility index (Phi) is 3.66. The molecule has 4 nitrogen and oxygen atoms in total. The molecule has 21 heavy (non-hydrogen) atoms. The van der Waals surface area contributed by atoms with Gasteiger partial charge in [-0.3, -0.25) is 4.79 Å². The third-order valence-corrected chi connectivity index (χ3v) is 5.23. The third kappa shape index (κ3) is 2.42. The average Bonchev–Trinajstić information content (AvgIpc) is 3.00. The van der Waals surface area contributed by atoms with Crippen molar-refractivity contribution in [3.63, 3.8) is 0 Å². The van der Waals surface area contributed by atoms with Crippen molar-refractivity contribution in [2.24, 2.45) is 11.8 Å². The minimum Gasteiger partial charge on any atom is -0.480 e. The van der Waals surface area contributed by atoms with Crippen molar-refractivity contribution in [2.75, 3.05) is 6.54 Å². The Morgan fingerprint density at radius 1 is 1.33 bits per heavy atom. The van der Waals surface area contributed by atoms with Crippen LogP contribution < -0.4 is 0 Å². The molecule has 1 saturated heterocycles. The van der Waals surface area contributed by atoms with Gasteiger partial charge in [0.2, 0.25) is 0 Å². The molecule has 1 amide bonds. The number of hydrogen-bond acceptors (Lipinski definition) is 2. The van der Waals surface area contributed by atoms with Crippen LogP contribution in [0.2, 0.25) is 5.02 Å². The minimum absolute atomic E-state index is 0.111. The first kappa shape index (κ1) is 14.4. The Balaban J connectivity index is 1.89. The van der Waals surface area contributed by atoms with E-state index in [1.54, 1.807) is 23.1 Å². The summed E-state index contributed by atoms with van der Waals surface area (Å²) in [7, 11) is 0. The van der Waals surface area contributed by atoms with Crippen LogP contribution in [0.4, 0.5) is 0 Å². The number of amides is 1. The van der Waals surface area contributed by atoms with E-state index >= 15 is 0 Å². The van der Waals surface area contributed by atoms with E-state index in [0.717, 1.165) is 24.8 Å². The lowest BCUT2D eigenvalue weighted by atomic mass is 9.94. The van der Waals surface area contributed by atoms with Gasteiger partial charge in [-0.15, -0.1) is 0 Å². The van der Waals surface area contributed by atoms with E-state index in [1.165, 1.54) is 0 Å². The van der Waals surface area contributed by atoms with E-state index in [1.807, 2.05) is 6.92 Å². The number of carbonyl (C=O) groups is 2. The summed E-state index contributed by atoms with van der Waals surface area (Å²) in [5.41, 5.74) is 1.34. The van der Waals surface area contributed by atoms with Crippen molar-refractivity contribution in [1.82, 2.24) is 4.90 Å². The van der Waals surface area contributed by atoms with E-state index in [4.69, 9.17) is 11.6 Å². The maximum atomic E-state index is 12.7. The minimum atomic E-state index is -0.886. The highest BCUT2D eigenvalue weighted by Gasteiger charge is 2.49. The van der Waals surface area contributed by atoms with Gasteiger partial charge in [0, 0.05) is 17.1 Å². The first-order chi connectivity index (χ1) is 9.99. The molecule has 1 N–H and O–H groups in total. The standard InChI is InChI=1S/C16H18ClNO3/c1-9-7-10(5-6-13(9)17)15(19)18-8-11-3-2-4-12(11)14(18)16(20)21/h5-7,11-12,14H,2-4,8H2,1H3,(H,20,21). The summed E-state index contributed by atoms with van der Waals surface area (Å²) >= 11 is 5.98. The molecule has 2 aliphatic rings. The average molecular weight is 308 g/mol. The van der Waals surface area contributed by atoms with Crippen molar-refractivity contribution < 1.29 is 14.7 Å². The molecule has 0 aromatic heterocycles. The molecular weight excluding hydrogens is 290 g/mol. The van der Waals surface area contributed by atoms with E-state index in [2.05, 4.69) is 0 Å². The molecule has 1 aliphatic heterocycles. The lowest BCUT2D eigenvalue weighted by molar-refractivity contribution is -0.142. The van der Waals surface area contributed by atoms with Crippen LogP contribution in [-0.2, 0) is 4.79 Å². The van der Waals surface area contributed by atoms with Gasteiger partial charge in [-0.25, -0.2) is 4.79 Å². The number of benzene rings is 1. The van der Waals surface area contributed by atoms with Crippen molar-refractivity contribution >= 4 is 23.5 Å². The van der Waals surface area contributed by atoms with Crippen molar-refractivity contribution in [2.45, 2.75) is 32.2 Å². The zero-order chi connectivity index (χ0) is 15.1. The van der Waals surface area contributed by atoms with Crippen LogP contribution in [0.25, 0.3) is 0 Å². The predicted molar refractivity (Wildman–Crippen MR) is 79.5 cm³/mol. The van der Waals surface area contributed by atoms with Crippen LogP contribution in [0.1, 0.15) is 35.2 Å². The highest BCUT2D eigenvalue weighted by molar-refractivity contribution is 6.31. The summed E-state index contributed by atoms with van der Waals surface area (Å²) in [5.74, 6) is -0.636. The van der Waals surface area contributed by atoms with Crippen LogP contribution in [0, 0.1) is 18.8 Å². The van der Waals surface area contributed by atoms with Gasteiger partial charge < -0.3 is 10.0 Å². The summed E-state index contributed by atoms with van der Waals surface area (Å²) < 4.78 is 0. The first-order valence-corrected chi connectivity index (χ1v) is 7.66. The van der Waals surface area contributed by atoms with Gasteiger partial charge in [0.15, 0.2) is 0 Å². The van der Waals surface area contributed by atoms with Crippen LogP contribution in [0.5, 0.6) is 0 Å². The predicted octanol–water partition coefficient (Wildman–Crippen LogP) is 2.97. The summed E-state index contributed by atoms with van der Waals surface area (Å²) in [4.78, 5) is 25.8. The number of aryl methyl sites for hydroxylation is 1. The quantitative estimate of drug-likeness (QED) is 0.914. The van der Waals surface area contributed by atoms with Crippen molar-refractivity contribution in [3.8, 4) is 0 Å². The molecule has 0 spiro atoms. The van der Waals surface area contributed by atoms with Gasteiger partial charge in [-0.1, -0.05) is 18.0 Å². The maximum absolute atomic E-state index is 12.7. The number of nitrogens with zero attached hydrogens (tertiary/aromatic N) is 1. The van der Waals surface area contributed by atoms with Crippen molar-refractivity contribution in [3.05, 3.63) is 34.3 Å². The third-order valence-electron chi connectivity index (χ3n) is 4.81. The zero-order valence-electron chi connectivity index (χ0n) is 11.9. The molecule has 0 radical (unpaired) electrons. The van der Waals surface area contributed by atoms with E-state index < -0.39 is 12.0 Å². The van der Waals surface area contributed by atoms with Gasteiger partial charge in [-0.2, -0.15) is 0 Å². The lowest BCUT2D eigenvalue weighted by Gasteiger charge is -2.24. The summed E-state index contributed by atoms with van der Waals surface area (Å²) in [6.45, 7) is 2.40. The van der Waals surface area contributed by atoms with E-state index in [0.29, 0.717) is 23.0 Å². The zero-order valence-corrected chi connectivity index (χ0v) is 12.6. The number of carbonyl (C=O) groups excluding carboxylic acids is 1. The molecule has 1 aromatic carbocycles. The fourth-order valence-corrected chi connectivity index (χ4v) is 3.89. The SMILES string of the molecule is Cc1cc(C(=O)N2CC3CCCC3C2C(=O)O)ccc1Cl. The van der Waals surface area contributed by atoms with Crippen LogP contribution in [0.3, 0.4) is 0 Å². The highest BCUT2D eigenvalue weighted by atomic mass is 35.5. The normalized spacial score (nSPS) is 27.7. The molecule has 0 bridgehead atoms. The molecule has 3 unspecified atom stereocenters. The van der Waals surface area contributed by atoms with Crippen molar-refractivity contribution in [1.29, 1.82) is 0 Å². The molecule has 1 aromatic rings. The molecule has 1 saturated carbocycles. The monoisotopic (exact) mass is 307 g/mol. The number of aliphatic carboxylic acids is 1. The highest BCUT2D eigenvalue weighted by Crippen LogP contribution is 2.42. The summed E-state index contributed by atoms with van der Waals surface area (Å²) in [6.07, 6.45) is 3.00. The van der Waals surface area contributed by atoms with Crippen LogP contribution in [0.15, 0.2) is 18.2 Å². The van der Waals surface area contributed by atoms with Gasteiger partial charge >= 0.3 is 5.97 Å². The molecule has 5 heteroatoms. The second kappa shape index (κ2) is 5.34. The molecule has 112 valence electrons. The summed E-state index contributed by atoms with van der Waals surface area (Å²) in [5, 5.41) is 10.1. The Hall–Kier alpha value is -1.55. The molecule has 2 fully saturated rings. The molecule has 3 rings (SSSR count). The Labute approximate surface area is 128 Å². The Bertz CT molecular complexity index is 601. The topological polar surface area (TPSA) is 57.6 Å². The van der Waals surface area contributed by atoms with Crippen LogP contribution in [-0.4, -0.2) is 34.5 Å². The number of halogens is 1. The fraction of sp³-hybridized carbons (Fsp3) is 0.500. The largest absolute Gasteiger partial charge is 0.480 e. The van der Waals surface area contributed by atoms with E-state index in [9.17, 15) is 14.7 Å². The molecule has 3 atom stereocenters. The Morgan fingerprint density at radius 3 is 2.76 bits per heavy atom. The summed E-state index contributed by atoms with van der Waals surface area (Å²) in [6, 6.07) is 4.42. The van der Waals surface area contributed by atoms with Gasteiger partial charge in [0.05, 0.1) is 0 Å².